The minimum atomic E-state index is 0.559. The van der Waals surface area contributed by atoms with Crippen molar-refractivity contribution in [1.29, 1.82) is 0 Å². The largest absolute Gasteiger partial charge is 0.378 e. The first kappa shape index (κ1) is 13.3. The maximum absolute atomic E-state index is 5.76. The van der Waals surface area contributed by atoms with E-state index in [4.69, 9.17) is 17.0 Å². The zero-order valence-corrected chi connectivity index (χ0v) is 13.0. The van der Waals surface area contributed by atoms with Gasteiger partial charge in [0.2, 0.25) is 0 Å². The molecule has 1 aliphatic carbocycles. The average Bonchev–Trinajstić information content (AvgIpc) is 2.82. The molecule has 0 bridgehead atoms. The SMILES string of the molecule is S=C(C1CNC2CCC(Br)CC21)N1CCOCC1. The number of halogens is 1. The summed E-state index contributed by atoms with van der Waals surface area (Å²) in [6, 6.07) is 0.697. The molecule has 2 saturated heterocycles. The van der Waals surface area contributed by atoms with Gasteiger partial charge in [0.25, 0.3) is 0 Å². The number of ether oxygens (including phenoxy) is 1. The fourth-order valence-corrected chi connectivity index (χ4v) is 4.71. The Morgan fingerprint density at radius 2 is 2.06 bits per heavy atom. The standard InChI is InChI=1S/C13H21BrN2OS/c14-9-1-2-12-10(7-9)11(8-15-12)13(18)16-3-5-17-6-4-16/h9-12,15H,1-8H2. The Kier molecular flexibility index (Phi) is 4.23. The normalized spacial score (nSPS) is 40.6. The number of fused-ring (bicyclic) bond motifs is 1. The van der Waals surface area contributed by atoms with Gasteiger partial charge in [0.05, 0.1) is 18.2 Å². The maximum atomic E-state index is 5.76. The van der Waals surface area contributed by atoms with Gasteiger partial charge in [0.15, 0.2) is 0 Å². The van der Waals surface area contributed by atoms with E-state index in [9.17, 15) is 0 Å². The van der Waals surface area contributed by atoms with Gasteiger partial charge in [-0.15, -0.1) is 0 Å². The van der Waals surface area contributed by atoms with E-state index in [1.807, 2.05) is 0 Å². The molecule has 0 radical (unpaired) electrons. The summed E-state index contributed by atoms with van der Waals surface area (Å²) in [6.07, 6.45) is 3.86. The Hall–Kier alpha value is 0.290. The first-order chi connectivity index (χ1) is 8.75. The van der Waals surface area contributed by atoms with Crippen LogP contribution in [0.25, 0.3) is 0 Å². The fourth-order valence-electron chi connectivity index (χ4n) is 3.57. The number of morpholine rings is 1. The number of nitrogens with one attached hydrogen (secondary N) is 1. The van der Waals surface area contributed by atoms with Gasteiger partial charge in [-0.2, -0.15) is 0 Å². The zero-order valence-electron chi connectivity index (χ0n) is 10.6. The third-order valence-corrected chi connectivity index (χ3v) is 5.98. The topological polar surface area (TPSA) is 24.5 Å². The lowest BCUT2D eigenvalue weighted by Crippen LogP contribution is -2.45. The molecule has 2 aliphatic heterocycles. The summed E-state index contributed by atoms with van der Waals surface area (Å²) in [5.74, 6) is 1.29. The molecule has 1 N–H and O–H groups in total. The lowest BCUT2D eigenvalue weighted by Gasteiger charge is -2.36. The molecule has 0 amide bonds. The van der Waals surface area contributed by atoms with Crippen LogP contribution in [0.5, 0.6) is 0 Å². The fraction of sp³-hybridized carbons (Fsp3) is 0.923. The number of thiocarbonyl (C=S) groups is 1. The molecule has 3 nitrogen and oxygen atoms in total. The minimum Gasteiger partial charge on any atom is -0.378 e. The third kappa shape index (κ3) is 2.60. The van der Waals surface area contributed by atoms with Crippen LogP contribution >= 0.6 is 28.1 Å². The molecule has 3 aliphatic rings. The molecule has 0 aromatic rings. The van der Waals surface area contributed by atoms with E-state index in [1.165, 1.54) is 24.3 Å². The third-order valence-electron chi connectivity index (χ3n) is 4.59. The van der Waals surface area contributed by atoms with Crippen LogP contribution in [-0.4, -0.2) is 53.6 Å². The Morgan fingerprint density at radius 3 is 2.83 bits per heavy atom. The molecular formula is C13H21BrN2OS. The summed E-state index contributed by atoms with van der Waals surface area (Å²) in [4.78, 5) is 4.24. The minimum absolute atomic E-state index is 0.559. The quantitative estimate of drug-likeness (QED) is 0.584. The van der Waals surface area contributed by atoms with E-state index in [1.54, 1.807) is 0 Å². The summed E-state index contributed by atoms with van der Waals surface area (Å²) in [7, 11) is 0. The van der Waals surface area contributed by atoms with Crippen molar-refractivity contribution < 1.29 is 4.74 Å². The van der Waals surface area contributed by atoms with Crippen LogP contribution in [0.4, 0.5) is 0 Å². The molecule has 18 heavy (non-hydrogen) atoms. The Bertz CT molecular complexity index is 322. The van der Waals surface area contributed by atoms with Gasteiger partial charge in [0.1, 0.15) is 0 Å². The van der Waals surface area contributed by atoms with Crippen molar-refractivity contribution in [3.05, 3.63) is 0 Å². The Balaban J connectivity index is 1.66. The Labute approximate surface area is 123 Å². The van der Waals surface area contributed by atoms with Crippen molar-refractivity contribution in [2.75, 3.05) is 32.8 Å². The highest BCUT2D eigenvalue weighted by Gasteiger charge is 2.42. The summed E-state index contributed by atoms with van der Waals surface area (Å²) in [6.45, 7) is 4.69. The summed E-state index contributed by atoms with van der Waals surface area (Å²) in [5.41, 5.74) is 0. The highest BCUT2D eigenvalue weighted by Crippen LogP contribution is 2.38. The van der Waals surface area contributed by atoms with E-state index in [2.05, 4.69) is 26.1 Å². The van der Waals surface area contributed by atoms with Gasteiger partial charge in [-0.05, 0) is 25.2 Å². The van der Waals surface area contributed by atoms with Gasteiger partial charge in [-0.1, -0.05) is 28.1 Å². The molecule has 0 aromatic carbocycles. The van der Waals surface area contributed by atoms with Gasteiger partial charge in [-0.25, -0.2) is 0 Å². The van der Waals surface area contributed by atoms with Gasteiger partial charge >= 0.3 is 0 Å². The molecule has 0 aromatic heterocycles. The first-order valence-corrected chi connectivity index (χ1v) is 8.32. The second-order valence-corrected chi connectivity index (χ2v) is 7.35. The first-order valence-electron chi connectivity index (χ1n) is 6.99. The van der Waals surface area contributed by atoms with E-state index in [0.29, 0.717) is 16.8 Å². The van der Waals surface area contributed by atoms with E-state index in [0.717, 1.165) is 38.8 Å². The molecule has 2 heterocycles. The Morgan fingerprint density at radius 1 is 1.28 bits per heavy atom. The monoisotopic (exact) mass is 332 g/mol. The van der Waals surface area contributed by atoms with Crippen LogP contribution in [0.15, 0.2) is 0 Å². The summed E-state index contributed by atoms with van der Waals surface area (Å²) < 4.78 is 5.41. The molecule has 102 valence electrons. The number of nitrogens with zero attached hydrogens (tertiary/aromatic N) is 1. The molecule has 4 atom stereocenters. The zero-order chi connectivity index (χ0) is 12.5. The van der Waals surface area contributed by atoms with Crippen molar-refractivity contribution in [3.8, 4) is 0 Å². The summed E-state index contributed by atoms with van der Waals surface area (Å²) in [5, 5.41) is 3.68. The van der Waals surface area contributed by atoms with Crippen LogP contribution in [-0.2, 0) is 4.74 Å². The van der Waals surface area contributed by atoms with Crippen LogP contribution in [0.2, 0.25) is 0 Å². The molecule has 3 fully saturated rings. The van der Waals surface area contributed by atoms with Gasteiger partial charge < -0.3 is 15.0 Å². The molecular weight excluding hydrogens is 312 g/mol. The average molecular weight is 333 g/mol. The molecule has 0 spiro atoms. The van der Waals surface area contributed by atoms with Crippen LogP contribution in [0.1, 0.15) is 19.3 Å². The molecule has 4 unspecified atom stereocenters. The predicted octanol–water partition coefficient (Wildman–Crippen LogP) is 1.80. The highest BCUT2D eigenvalue weighted by molar-refractivity contribution is 9.09. The number of rotatable bonds is 1. The van der Waals surface area contributed by atoms with Crippen LogP contribution in [0, 0.1) is 11.8 Å². The second kappa shape index (κ2) is 5.73. The van der Waals surface area contributed by atoms with Crippen molar-refractivity contribution >= 4 is 33.1 Å². The second-order valence-electron chi connectivity index (χ2n) is 5.63. The number of hydrogen-bond donors (Lipinski definition) is 1. The highest BCUT2D eigenvalue weighted by atomic mass is 79.9. The van der Waals surface area contributed by atoms with E-state index in [-0.39, 0.29) is 0 Å². The summed E-state index contributed by atoms with van der Waals surface area (Å²) >= 11 is 9.55. The molecule has 1 saturated carbocycles. The van der Waals surface area contributed by atoms with Crippen LogP contribution in [0.3, 0.4) is 0 Å². The van der Waals surface area contributed by atoms with Gasteiger partial charge in [-0.3, -0.25) is 0 Å². The van der Waals surface area contributed by atoms with Crippen molar-refractivity contribution in [2.24, 2.45) is 11.8 Å². The van der Waals surface area contributed by atoms with Crippen molar-refractivity contribution in [1.82, 2.24) is 10.2 Å². The number of hydrogen-bond acceptors (Lipinski definition) is 3. The molecule has 5 heteroatoms. The molecule has 3 rings (SSSR count). The lowest BCUT2D eigenvalue weighted by atomic mass is 9.79. The van der Waals surface area contributed by atoms with Crippen LogP contribution < -0.4 is 5.32 Å². The smallest absolute Gasteiger partial charge is 0.0828 e. The van der Waals surface area contributed by atoms with Crippen molar-refractivity contribution in [3.63, 3.8) is 0 Å². The predicted molar refractivity (Wildman–Crippen MR) is 80.3 cm³/mol. The lowest BCUT2D eigenvalue weighted by molar-refractivity contribution is 0.0664. The van der Waals surface area contributed by atoms with Gasteiger partial charge in [0, 0.05) is 36.4 Å². The number of alkyl halides is 1. The van der Waals surface area contributed by atoms with Crippen molar-refractivity contribution in [2.45, 2.75) is 30.1 Å². The van der Waals surface area contributed by atoms with E-state index < -0.39 is 0 Å². The van der Waals surface area contributed by atoms with E-state index >= 15 is 0 Å². The maximum Gasteiger partial charge on any atom is 0.0828 e.